The summed E-state index contributed by atoms with van der Waals surface area (Å²) in [5, 5.41) is 8.95. The molecular weight excluding hydrogens is 430 g/mol. The van der Waals surface area contributed by atoms with Gasteiger partial charge in [0.15, 0.2) is 0 Å². The van der Waals surface area contributed by atoms with Gasteiger partial charge in [0.25, 0.3) is 0 Å². The van der Waals surface area contributed by atoms with Crippen LogP contribution in [0, 0.1) is 23.7 Å². The second-order valence-corrected chi connectivity index (χ2v) is 8.48. The third kappa shape index (κ3) is 1.99. The van der Waals surface area contributed by atoms with Crippen molar-refractivity contribution in [1.29, 1.82) is 0 Å². The van der Waals surface area contributed by atoms with Gasteiger partial charge in [0.2, 0.25) is 11.8 Å². The van der Waals surface area contributed by atoms with Crippen molar-refractivity contribution in [2.24, 2.45) is 23.7 Å². The highest BCUT2D eigenvalue weighted by Crippen LogP contribution is 2.60. The topological polar surface area (TPSA) is 74.7 Å². The van der Waals surface area contributed by atoms with Gasteiger partial charge in [0.1, 0.15) is 0 Å². The maximum absolute atomic E-state index is 12.8. The molecule has 3 aliphatic rings. The summed E-state index contributed by atoms with van der Waals surface area (Å²) >= 11 is 7.30. The van der Waals surface area contributed by atoms with Crippen LogP contribution < -0.4 is 4.90 Å². The summed E-state index contributed by atoms with van der Waals surface area (Å²) in [6, 6.07) is 5.89. The van der Waals surface area contributed by atoms with E-state index in [0.29, 0.717) is 5.69 Å². The van der Waals surface area contributed by atoms with E-state index in [0.717, 1.165) is 6.42 Å². The molecule has 2 aliphatic carbocycles. The second-order valence-electron chi connectivity index (χ2n) is 6.37. The molecule has 1 aromatic carbocycles. The Kier molecular flexibility index (Phi) is 3.43. The molecule has 7 heteroatoms. The molecular formula is C16H13Br2NO4. The fourth-order valence-electron chi connectivity index (χ4n) is 4.36. The van der Waals surface area contributed by atoms with Gasteiger partial charge in [-0.3, -0.25) is 14.5 Å². The minimum absolute atomic E-state index is 0.133. The molecule has 0 unspecified atom stereocenters. The van der Waals surface area contributed by atoms with Crippen LogP contribution >= 0.6 is 31.9 Å². The first-order chi connectivity index (χ1) is 10.9. The van der Waals surface area contributed by atoms with E-state index in [2.05, 4.69) is 31.9 Å². The number of nitrogens with zero attached hydrogens (tertiary/aromatic N) is 1. The lowest BCUT2D eigenvalue weighted by molar-refractivity contribution is -0.123. The molecule has 23 heavy (non-hydrogen) atoms. The molecule has 0 radical (unpaired) electrons. The summed E-state index contributed by atoms with van der Waals surface area (Å²) in [6.07, 6.45) is 0.893. The molecule has 1 heterocycles. The van der Waals surface area contributed by atoms with Crippen LogP contribution in [0.1, 0.15) is 16.8 Å². The number of fused-ring (bicyclic) bond motifs is 5. The van der Waals surface area contributed by atoms with Crippen molar-refractivity contribution in [3.8, 4) is 0 Å². The Morgan fingerprint density at radius 1 is 1.00 bits per heavy atom. The minimum atomic E-state index is -1.03. The highest BCUT2D eigenvalue weighted by atomic mass is 79.9. The van der Waals surface area contributed by atoms with E-state index in [4.69, 9.17) is 5.11 Å². The maximum Gasteiger partial charge on any atom is 0.335 e. The first-order valence-corrected chi connectivity index (χ1v) is 9.24. The molecule has 1 saturated heterocycles. The highest BCUT2D eigenvalue weighted by Gasteiger charge is 2.66. The predicted molar refractivity (Wildman–Crippen MR) is 89.9 cm³/mol. The number of carbonyl (C=O) groups is 3. The summed E-state index contributed by atoms with van der Waals surface area (Å²) in [4.78, 5) is 38.2. The van der Waals surface area contributed by atoms with E-state index < -0.39 is 5.97 Å². The average Bonchev–Trinajstić information content (AvgIpc) is 3.12. The first kappa shape index (κ1) is 15.3. The van der Waals surface area contributed by atoms with E-state index in [1.807, 2.05) is 0 Å². The van der Waals surface area contributed by atoms with Crippen LogP contribution in [0.4, 0.5) is 5.69 Å². The number of anilines is 1. The lowest BCUT2D eigenvalue weighted by atomic mass is 9.81. The summed E-state index contributed by atoms with van der Waals surface area (Å²) in [7, 11) is 0. The summed E-state index contributed by atoms with van der Waals surface area (Å²) in [6.45, 7) is 0. The number of hydrogen-bond donors (Lipinski definition) is 1. The number of rotatable bonds is 2. The largest absolute Gasteiger partial charge is 0.478 e. The molecule has 3 fully saturated rings. The molecule has 4 rings (SSSR count). The predicted octanol–water partition coefficient (Wildman–Crippen LogP) is 2.67. The Morgan fingerprint density at radius 2 is 1.48 bits per heavy atom. The number of alkyl halides is 2. The fourth-order valence-corrected chi connectivity index (χ4v) is 6.23. The third-order valence-corrected chi connectivity index (χ3v) is 8.57. The van der Waals surface area contributed by atoms with Gasteiger partial charge >= 0.3 is 5.97 Å². The molecule has 5 nitrogen and oxygen atoms in total. The maximum atomic E-state index is 12.8. The number of hydrogen-bond acceptors (Lipinski definition) is 3. The quantitative estimate of drug-likeness (QED) is 0.564. The zero-order valence-electron chi connectivity index (χ0n) is 11.9. The summed E-state index contributed by atoms with van der Waals surface area (Å²) in [5.41, 5.74) is 0.588. The number of imide groups is 1. The minimum Gasteiger partial charge on any atom is -0.478 e. The third-order valence-electron chi connectivity index (χ3n) is 5.36. The normalized spacial score (nSPS) is 38.3. The van der Waals surface area contributed by atoms with Crippen LogP contribution in [-0.4, -0.2) is 32.5 Å². The zero-order valence-corrected chi connectivity index (χ0v) is 15.0. The molecule has 0 spiro atoms. The van der Waals surface area contributed by atoms with E-state index in [1.54, 1.807) is 0 Å². The Morgan fingerprint density at radius 3 is 1.91 bits per heavy atom. The first-order valence-electron chi connectivity index (χ1n) is 7.41. The van der Waals surface area contributed by atoms with Gasteiger partial charge in [-0.1, -0.05) is 31.9 Å². The number of carbonyl (C=O) groups excluding carboxylic acids is 2. The molecule has 120 valence electrons. The number of benzene rings is 1. The van der Waals surface area contributed by atoms with Crippen molar-refractivity contribution in [1.82, 2.24) is 0 Å². The number of amides is 2. The van der Waals surface area contributed by atoms with Crippen molar-refractivity contribution in [2.45, 2.75) is 16.1 Å². The fraction of sp³-hybridized carbons (Fsp3) is 0.438. The van der Waals surface area contributed by atoms with Gasteiger partial charge in [0, 0.05) is 9.65 Å². The van der Waals surface area contributed by atoms with Crippen LogP contribution in [0.25, 0.3) is 0 Å². The Labute approximate surface area is 149 Å². The SMILES string of the molecule is O=C(O)c1ccc(N2C(=O)[C@@H]3[C@H]4C[C@@H]([C@@H](Br)[C@@H]4Br)[C@@H]3C2=O)cc1. The van der Waals surface area contributed by atoms with E-state index in [1.165, 1.54) is 29.2 Å². The number of carboxylic acid groups (broad SMARTS) is 1. The average molecular weight is 443 g/mol. The highest BCUT2D eigenvalue weighted by molar-refractivity contribution is 9.12. The molecule has 2 amide bonds. The second kappa shape index (κ2) is 5.14. The molecule has 1 N–H and O–H groups in total. The Bertz CT molecular complexity index is 687. The van der Waals surface area contributed by atoms with Crippen molar-refractivity contribution < 1.29 is 19.5 Å². The zero-order chi connectivity index (χ0) is 16.5. The van der Waals surface area contributed by atoms with Gasteiger partial charge in [-0.15, -0.1) is 0 Å². The Hall–Kier alpha value is -1.21. The molecule has 6 atom stereocenters. The number of aromatic carboxylic acids is 1. The van der Waals surface area contributed by atoms with E-state index >= 15 is 0 Å². The van der Waals surface area contributed by atoms with Crippen LogP contribution in [0.15, 0.2) is 24.3 Å². The molecule has 1 aromatic rings. The lowest BCUT2D eigenvalue weighted by Crippen LogP contribution is -2.37. The van der Waals surface area contributed by atoms with Gasteiger partial charge < -0.3 is 5.11 Å². The molecule has 2 saturated carbocycles. The van der Waals surface area contributed by atoms with Crippen LogP contribution in [0.2, 0.25) is 0 Å². The molecule has 0 aromatic heterocycles. The van der Waals surface area contributed by atoms with Crippen LogP contribution in [0.5, 0.6) is 0 Å². The number of carboxylic acids is 1. The molecule has 2 bridgehead atoms. The van der Waals surface area contributed by atoms with Crippen molar-refractivity contribution >= 4 is 55.3 Å². The monoisotopic (exact) mass is 441 g/mol. The Balaban J connectivity index is 1.68. The summed E-state index contributed by atoms with van der Waals surface area (Å²) in [5.74, 6) is -1.51. The van der Waals surface area contributed by atoms with Gasteiger partial charge in [-0.05, 0) is 42.5 Å². The van der Waals surface area contributed by atoms with Gasteiger partial charge in [-0.25, -0.2) is 4.79 Å². The van der Waals surface area contributed by atoms with E-state index in [9.17, 15) is 14.4 Å². The standard InChI is InChI=1S/C16H13Br2NO4/c17-12-8-5-9(13(12)18)11-10(8)14(20)19(15(11)21)7-3-1-6(2-4-7)16(22)23/h1-4,8-13H,5H2,(H,22,23)/t8-,9-,10-,11+,12-,13-/m1/s1. The summed E-state index contributed by atoms with van der Waals surface area (Å²) < 4.78 is 0. The van der Waals surface area contributed by atoms with Gasteiger partial charge in [-0.2, -0.15) is 0 Å². The van der Waals surface area contributed by atoms with Crippen molar-refractivity contribution in [2.75, 3.05) is 4.90 Å². The van der Waals surface area contributed by atoms with E-state index in [-0.39, 0.29) is 50.7 Å². The number of halogens is 2. The van der Waals surface area contributed by atoms with Crippen LogP contribution in [0.3, 0.4) is 0 Å². The van der Waals surface area contributed by atoms with Crippen LogP contribution in [-0.2, 0) is 9.59 Å². The van der Waals surface area contributed by atoms with Crippen molar-refractivity contribution in [3.63, 3.8) is 0 Å². The molecule has 1 aliphatic heterocycles. The smallest absolute Gasteiger partial charge is 0.335 e. The lowest BCUT2D eigenvalue weighted by Gasteiger charge is -2.28. The van der Waals surface area contributed by atoms with Gasteiger partial charge in [0.05, 0.1) is 23.1 Å². The van der Waals surface area contributed by atoms with Crippen molar-refractivity contribution in [3.05, 3.63) is 29.8 Å².